The van der Waals surface area contributed by atoms with Crippen LogP contribution < -0.4 is 10.5 Å². The van der Waals surface area contributed by atoms with Crippen LogP contribution in [0.15, 0.2) is 18.3 Å². The van der Waals surface area contributed by atoms with E-state index >= 15 is 0 Å². The van der Waals surface area contributed by atoms with Gasteiger partial charge in [-0.25, -0.2) is 4.98 Å². The van der Waals surface area contributed by atoms with Crippen LogP contribution in [0.1, 0.15) is 19.5 Å². The smallest absolute Gasteiger partial charge is 0.137 e. The Morgan fingerprint density at radius 2 is 2.18 bits per heavy atom. The number of nitrogens with two attached hydrogens (primary N) is 1. The van der Waals surface area contributed by atoms with E-state index in [1.165, 1.54) is 0 Å². The molecule has 1 heterocycles. The first kappa shape index (κ1) is 13.9. The fourth-order valence-corrected chi connectivity index (χ4v) is 1.27. The van der Waals surface area contributed by atoms with Crippen LogP contribution in [0.25, 0.3) is 0 Å². The van der Waals surface area contributed by atoms with Gasteiger partial charge in [0.25, 0.3) is 0 Å². The number of nitrogens with zero attached hydrogens (tertiary/aromatic N) is 1. The van der Waals surface area contributed by atoms with Crippen molar-refractivity contribution in [2.45, 2.75) is 13.8 Å². The van der Waals surface area contributed by atoms with Crippen LogP contribution in [-0.2, 0) is 4.74 Å². The summed E-state index contributed by atoms with van der Waals surface area (Å²) in [4.78, 5) is 4.36. The monoisotopic (exact) mass is 254 g/mol. The maximum Gasteiger partial charge on any atom is 0.137 e. The van der Waals surface area contributed by atoms with Crippen LogP contribution in [0.3, 0.4) is 0 Å². The van der Waals surface area contributed by atoms with E-state index in [-0.39, 0.29) is 4.99 Å². The van der Waals surface area contributed by atoms with Crippen LogP contribution in [0.2, 0.25) is 0 Å². The summed E-state index contributed by atoms with van der Waals surface area (Å²) in [5, 5.41) is 0. The molecule has 0 radical (unpaired) electrons. The molecule has 2 N–H and O–H groups in total. The molecule has 0 amide bonds. The minimum absolute atomic E-state index is 0.289. The molecule has 0 saturated carbocycles. The molecular weight excluding hydrogens is 236 g/mol. The zero-order valence-corrected chi connectivity index (χ0v) is 11.0. The van der Waals surface area contributed by atoms with Crippen LogP contribution in [0.5, 0.6) is 5.75 Å². The van der Waals surface area contributed by atoms with E-state index in [2.05, 4.69) is 18.8 Å². The summed E-state index contributed by atoms with van der Waals surface area (Å²) in [5.41, 5.74) is 6.04. The molecule has 0 spiro atoms. The van der Waals surface area contributed by atoms with Crippen molar-refractivity contribution in [1.82, 2.24) is 4.98 Å². The molecule has 0 aliphatic rings. The van der Waals surface area contributed by atoms with Gasteiger partial charge in [-0.3, -0.25) is 0 Å². The van der Waals surface area contributed by atoms with Crippen molar-refractivity contribution in [3.05, 3.63) is 24.0 Å². The average molecular weight is 254 g/mol. The first-order chi connectivity index (χ1) is 8.09. The average Bonchev–Trinajstić information content (AvgIpc) is 2.29. The summed E-state index contributed by atoms with van der Waals surface area (Å²) in [6.45, 7) is 6.07. The molecule has 4 nitrogen and oxygen atoms in total. The summed E-state index contributed by atoms with van der Waals surface area (Å²) >= 11 is 4.81. The summed E-state index contributed by atoms with van der Waals surface area (Å²) in [7, 11) is 0. The van der Waals surface area contributed by atoms with Gasteiger partial charge in [0.1, 0.15) is 17.3 Å². The molecule has 1 rings (SSSR count). The SMILES string of the molecule is CC(C)COCCOc1ccc(C(N)=S)nc1. The highest BCUT2D eigenvalue weighted by Gasteiger charge is 1.99. The number of rotatable bonds is 7. The van der Waals surface area contributed by atoms with Gasteiger partial charge in [-0.1, -0.05) is 26.1 Å². The Balaban J connectivity index is 2.25. The third-order valence-electron chi connectivity index (χ3n) is 1.94. The Bertz CT molecular complexity index is 352. The molecule has 1 aromatic rings. The molecule has 1 aromatic heterocycles. The summed E-state index contributed by atoms with van der Waals surface area (Å²) in [5.74, 6) is 1.24. The Labute approximate surface area is 107 Å². The highest BCUT2D eigenvalue weighted by atomic mass is 32.1. The van der Waals surface area contributed by atoms with Gasteiger partial charge < -0.3 is 15.2 Å². The van der Waals surface area contributed by atoms with Gasteiger partial charge in [-0.2, -0.15) is 0 Å². The maximum atomic E-state index is 5.45. The summed E-state index contributed by atoms with van der Waals surface area (Å²) in [6, 6.07) is 3.54. The van der Waals surface area contributed by atoms with Crippen LogP contribution in [0, 0.1) is 5.92 Å². The fourth-order valence-electron chi connectivity index (χ4n) is 1.15. The van der Waals surface area contributed by atoms with Gasteiger partial charge in [0, 0.05) is 6.61 Å². The molecule has 0 aliphatic heterocycles. The van der Waals surface area contributed by atoms with Crippen LogP contribution >= 0.6 is 12.2 Å². The largest absolute Gasteiger partial charge is 0.490 e. The quantitative estimate of drug-likeness (QED) is 0.593. The second-order valence-electron chi connectivity index (χ2n) is 4.06. The van der Waals surface area contributed by atoms with Crippen molar-refractivity contribution in [2.75, 3.05) is 19.8 Å². The molecule has 0 saturated heterocycles. The number of ether oxygens (including phenoxy) is 2. The summed E-state index contributed by atoms with van der Waals surface area (Å²) < 4.78 is 10.8. The van der Waals surface area contributed by atoms with Gasteiger partial charge in [0.05, 0.1) is 18.5 Å². The lowest BCUT2D eigenvalue weighted by Crippen LogP contribution is -2.12. The highest BCUT2D eigenvalue weighted by Crippen LogP contribution is 2.08. The van der Waals surface area contributed by atoms with E-state index < -0.39 is 0 Å². The number of hydrogen-bond acceptors (Lipinski definition) is 4. The van der Waals surface area contributed by atoms with E-state index in [0.29, 0.717) is 30.6 Å². The lowest BCUT2D eigenvalue weighted by Gasteiger charge is -2.08. The molecule has 0 bridgehead atoms. The summed E-state index contributed by atoms with van der Waals surface area (Å²) in [6.07, 6.45) is 1.61. The van der Waals surface area contributed by atoms with E-state index in [0.717, 1.165) is 6.61 Å². The lowest BCUT2D eigenvalue weighted by atomic mass is 10.2. The van der Waals surface area contributed by atoms with Crippen molar-refractivity contribution < 1.29 is 9.47 Å². The predicted octanol–water partition coefficient (Wildman–Crippen LogP) is 1.77. The van der Waals surface area contributed by atoms with E-state index in [4.69, 9.17) is 27.4 Å². The molecule has 94 valence electrons. The molecule has 0 fully saturated rings. The van der Waals surface area contributed by atoms with Gasteiger partial charge in [-0.05, 0) is 18.1 Å². The normalized spacial score (nSPS) is 10.5. The first-order valence-electron chi connectivity index (χ1n) is 5.56. The van der Waals surface area contributed by atoms with Gasteiger partial charge in [0.15, 0.2) is 0 Å². The minimum Gasteiger partial charge on any atom is -0.490 e. The van der Waals surface area contributed by atoms with E-state index in [1.807, 2.05) is 0 Å². The standard InChI is InChI=1S/C12H18N2O2S/c1-9(2)8-15-5-6-16-10-3-4-11(12(13)17)14-7-10/h3-4,7,9H,5-6,8H2,1-2H3,(H2,13,17). The number of aromatic nitrogens is 1. The van der Waals surface area contributed by atoms with Crippen LogP contribution in [0.4, 0.5) is 0 Å². The zero-order valence-electron chi connectivity index (χ0n) is 10.2. The molecule has 0 aliphatic carbocycles. The van der Waals surface area contributed by atoms with Gasteiger partial charge in [-0.15, -0.1) is 0 Å². The van der Waals surface area contributed by atoms with E-state index in [9.17, 15) is 0 Å². The zero-order chi connectivity index (χ0) is 12.7. The Morgan fingerprint density at radius 1 is 1.41 bits per heavy atom. The van der Waals surface area contributed by atoms with Gasteiger partial charge in [0.2, 0.25) is 0 Å². The Kier molecular flexibility index (Phi) is 5.86. The second-order valence-corrected chi connectivity index (χ2v) is 4.50. The maximum absolute atomic E-state index is 5.45. The van der Waals surface area contributed by atoms with Crippen molar-refractivity contribution in [3.8, 4) is 5.75 Å². The molecular formula is C12H18N2O2S. The Morgan fingerprint density at radius 3 is 2.71 bits per heavy atom. The van der Waals surface area contributed by atoms with Crippen molar-refractivity contribution >= 4 is 17.2 Å². The fraction of sp³-hybridized carbons (Fsp3) is 0.500. The number of hydrogen-bond donors (Lipinski definition) is 1. The van der Waals surface area contributed by atoms with E-state index in [1.54, 1.807) is 18.3 Å². The molecule has 0 aromatic carbocycles. The Hall–Kier alpha value is -1.20. The number of pyridine rings is 1. The second kappa shape index (κ2) is 7.19. The predicted molar refractivity (Wildman–Crippen MR) is 71.3 cm³/mol. The molecule has 17 heavy (non-hydrogen) atoms. The molecule has 0 atom stereocenters. The number of thiocarbonyl (C=S) groups is 1. The highest BCUT2D eigenvalue weighted by molar-refractivity contribution is 7.80. The molecule has 5 heteroatoms. The first-order valence-corrected chi connectivity index (χ1v) is 5.97. The topological polar surface area (TPSA) is 57.4 Å². The third kappa shape index (κ3) is 5.60. The van der Waals surface area contributed by atoms with Crippen molar-refractivity contribution in [2.24, 2.45) is 11.7 Å². The lowest BCUT2D eigenvalue weighted by molar-refractivity contribution is 0.0818. The van der Waals surface area contributed by atoms with Crippen LogP contribution in [-0.4, -0.2) is 29.8 Å². The van der Waals surface area contributed by atoms with Crippen molar-refractivity contribution in [1.29, 1.82) is 0 Å². The van der Waals surface area contributed by atoms with Gasteiger partial charge >= 0.3 is 0 Å². The third-order valence-corrected chi connectivity index (χ3v) is 2.15. The molecule has 0 unspecified atom stereocenters. The van der Waals surface area contributed by atoms with Crippen molar-refractivity contribution in [3.63, 3.8) is 0 Å². The minimum atomic E-state index is 0.289.